The van der Waals surface area contributed by atoms with Crippen LogP contribution in [0.3, 0.4) is 0 Å². The maximum atomic E-state index is 12.9. The van der Waals surface area contributed by atoms with E-state index in [9.17, 15) is 12.8 Å². The van der Waals surface area contributed by atoms with Gasteiger partial charge in [-0.15, -0.1) is 0 Å². The van der Waals surface area contributed by atoms with Crippen molar-refractivity contribution in [2.45, 2.75) is 19.2 Å². The molecular formula is C18H20FNO4S. The third kappa shape index (κ3) is 4.85. The van der Waals surface area contributed by atoms with E-state index in [0.29, 0.717) is 0 Å². The Kier molecular flexibility index (Phi) is 5.80. The summed E-state index contributed by atoms with van der Waals surface area (Å²) in [6.45, 7) is 1.08. The fourth-order valence-electron chi connectivity index (χ4n) is 2.68. The van der Waals surface area contributed by atoms with E-state index in [4.69, 9.17) is 9.47 Å². The highest BCUT2D eigenvalue weighted by atomic mass is 32.2. The molecule has 1 saturated heterocycles. The minimum Gasteiger partial charge on any atom is -0.375 e. The molecule has 1 heterocycles. The van der Waals surface area contributed by atoms with Crippen molar-refractivity contribution in [3.8, 4) is 0 Å². The molecule has 25 heavy (non-hydrogen) atoms. The molecular weight excluding hydrogens is 345 g/mol. The summed E-state index contributed by atoms with van der Waals surface area (Å²) < 4.78 is 50.0. The predicted octanol–water partition coefficient (Wildman–Crippen LogP) is 2.53. The van der Waals surface area contributed by atoms with E-state index < -0.39 is 10.0 Å². The largest absolute Gasteiger partial charge is 0.375 e. The van der Waals surface area contributed by atoms with Crippen LogP contribution in [-0.4, -0.2) is 37.9 Å². The Morgan fingerprint density at radius 2 is 1.80 bits per heavy atom. The summed E-state index contributed by atoms with van der Waals surface area (Å²) in [5, 5.41) is 0. The second kappa shape index (κ2) is 8.05. The molecule has 2 aromatic carbocycles. The number of hydrogen-bond acceptors (Lipinski definition) is 4. The molecule has 0 amide bonds. The first-order valence-electron chi connectivity index (χ1n) is 7.98. The van der Waals surface area contributed by atoms with Crippen LogP contribution in [0.1, 0.15) is 11.1 Å². The molecule has 0 bridgehead atoms. The smallest absolute Gasteiger partial charge is 0.239 e. The number of hydrogen-bond donors (Lipinski definition) is 0. The van der Waals surface area contributed by atoms with Crippen LogP contribution < -0.4 is 0 Å². The molecule has 0 unspecified atom stereocenters. The third-order valence-corrected chi connectivity index (χ3v) is 5.59. The van der Waals surface area contributed by atoms with Crippen molar-refractivity contribution in [2.75, 3.05) is 19.2 Å². The maximum Gasteiger partial charge on any atom is 0.239 e. The van der Waals surface area contributed by atoms with Gasteiger partial charge in [0.15, 0.2) is 5.94 Å². The van der Waals surface area contributed by atoms with Crippen LogP contribution in [0.2, 0.25) is 0 Å². The topological polar surface area (TPSA) is 55.8 Å². The lowest BCUT2D eigenvalue weighted by Crippen LogP contribution is -2.50. The van der Waals surface area contributed by atoms with E-state index in [-0.39, 0.29) is 44.2 Å². The van der Waals surface area contributed by atoms with Crippen molar-refractivity contribution in [2.24, 2.45) is 0 Å². The van der Waals surface area contributed by atoms with Gasteiger partial charge >= 0.3 is 0 Å². The fraction of sp³-hybridized carbons (Fsp3) is 0.333. The lowest BCUT2D eigenvalue weighted by Gasteiger charge is -2.34. The predicted molar refractivity (Wildman–Crippen MR) is 91.6 cm³/mol. The minimum absolute atomic E-state index is 0.212. The molecule has 0 saturated carbocycles. The van der Waals surface area contributed by atoms with Crippen molar-refractivity contribution < 1.29 is 22.3 Å². The standard InChI is InChI=1S/C18H20FNO4S/c19-17-8-6-16(7-9-17)11-23-12-18-13-24-14-25(21,22)20(18)10-15-4-2-1-3-5-15/h1-9,18H,10-14H2/t18-/m1/s1. The molecule has 0 aromatic heterocycles. The van der Waals surface area contributed by atoms with Crippen LogP contribution in [0.15, 0.2) is 54.6 Å². The number of ether oxygens (including phenoxy) is 2. The van der Waals surface area contributed by atoms with Crippen LogP contribution in [0.4, 0.5) is 4.39 Å². The molecule has 1 aliphatic rings. The molecule has 0 radical (unpaired) electrons. The number of nitrogens with zero attached hydrogens (tertiary/aromatic N) is 1. The normalized spacial score (nSPS) is 20.4. The molecule has 7 heteroatoms. The Morgan fingerprint density at radius 1 is 1.08 bits per heavy atom. The van der Waals surface area contributed by atoms with E-state index in [0.717, 1.165) is 11.1 Å². The van der Waals surface area contributed by atoms with Crippen molar-refractivity contribution in [3.63, 3.8) is 0 Å². The van der Waals surface area contributed by atoms with E-state index >= 15 is 0 Å². The molecule has 5 nitrogen and oxygen atoms in total. The zero-order valence-electron chi connectivity index (χ0n) is 13.7. The molecule has 0 spiro atoms. The van der Waals surface area contributed by atoms with Crippen molar-refractivity contribution in [3.05, 3.63) is 71.5 Å². The molecule has 0 aliphatic carbocycles. The molecule has 1 aliphatic heterocycles. The highest BCUT2D eigenvalue weighted by Gasteiger charge is 2.35. The lowest BCUT2D eigenvalue weighted by molar-refractivity contribution is 0.0178. The van der Waals surface area contributed by atoms with E-state index in [1.807, 2.05) is 30.3 Å². The van der Waals surface area contributed by atoms with Crippen LogP contribution in [-0.2, 0) is 32.6 Å². The number of sulfonamides is 1. The Labute approximate surface area is 147 Å². The van der Waals surface area contributed by atoms with E-state index in [2.05, 4.69) is 0 Å². The average molecular weight is 365 g/mol. The van der Waals surface area contributed by atoms with Gasteiger partial charge in [-0.25, -0.2) is 12.8 Å². The second-order valence-corrected chi connectivity index (χ2v) is 7.80. The first-order chi connectivity index (χ1) is 12.0. The van der Waals surface area contributed by atoms with Gasteiger partial charge in [-0.3, -0.25) is 0 Å². The summed E-state index contributed by atoms with van der Waals surface area (Å²) in [6, 6.07) is 15.1. The van der Waals surface area contributed by atoms with Crippen LogP contribution in [0.25, 0.3) is 0 Å². The van der Waals surface area contributed by atoms with Crippen LogP contribution >= 0.6 is 0 Å². The second-order valence-electron chi connectivity index (χ2n) is 5.93. The quantitative estimate of drug-likeness (QED) is 0.789. The summed E-state index contributed by atoms with van der Waals surface area (Å²) in [5.41, 5.74) is 1.74. The molecule has 1 fully saturated rings. The first kappa shape index (κ1) is 18.0. The van der Waals surface area contributed by atoms with Gasteiger partial charge in [0.1, 0.15) is 5.82 Å². The Bertz CT molecular complexity index is 780. The zero-order valence-corrected chi connectivity index (χ0v) is 14.5. The SMILES string of the molecule is O=S1(=O)COC[C@@H](COCc2ccc(F)cc2)N1Cc1ccccc1. The zero-order chi connectivity index (χ0) is 17.7. The number of halogens is 1. The molecule has 3 rings (SSSR count). The van der Waals surface area contributed by atoms with Crippen LogP contribution in [0.5, 0.6) is 0 Å². The first-order valence-corrected chi connectivity index (χ1v) is 9.59. The van der Waals surface area contributed by atoms with Gasteiger partial charge in [0.05, 0.1) is 25.9 Å². The summed E-state index contributed by atoms with van der Waals surface area (Å²) in [6.07, 6.45) is 0. The average Bonchev–Trinajstić information content (AvgIpc) is 2.60. The highest BCUT2D eigenvalue weighted by Crippen LogP contribution is 2.19. The Morgan fingerprint density at radius 3 is 2.52 bits per heavy atom. The minimum atomic E-state index is -3.49. The highest BCUT2D eigenvalue weighted by molar-refractivity contribution is 7.88. The van der Waals surface area contributed by atoms with Gasteiger partial charge < -0.3 is 9.47 Å². The Balaban J connectivity index is 1.64. The van der Waals surface area contributed by atoms with Crippen molar-refractivity contribution in [1.82, 2.24) is 4.31 Å². The van der Waals surface area contributed by atoms with Crippen LogP contribution in [0, 0.1) is 5.82 Å². The summed E-state index contributed by atoms with van der Waals surface area (Å²) >= 11 is 0. The summed E-state index contributed by atoms with van der Waals surface area (Å²) in [4.78, 5) is 0. The molecule has 134 valence electrons. The molecule has 2 aromatic rings. The van der Waals surface area contributed by atoms with E-state index in [1.54, 1.807) is 12.1 Å². The molecule has 1 atom stereocenters. The summed E-state index contributed by atoms with van der Waals surface area (Å²) in [7, 11) is -3.49. The van der Waals surface area contributed by atoms with Gasteiger partial charge in [0, 0.05) is 6.54 Å². The molecule has 0 N–H and O–H groups in total. The van der Waals surface area contributed by atoms with Crippen molar-refractivity contribution >= 4 is 10.0 Å². The monoisotopic (exact) mass is 365 g/mol. The van der Waals surface area contributed by atoms with Gasteiger partial charge in [0.2, 0.25) is 10.0 Å². The van der Waals surface area contributed by atoms with Crippen molar-refractivity contribution in [1.29, 1.82) is 0 Å². The van der Waals surface area contributed by atoms with Gasteiger partial charge in [0.25, 0.3) is 0 Å². The van der Waals surface area contributed by atoms with Gasteiger partial charge in [-0.05, 0) is 23.3 Å². The lowest BCUT2D eigenvalue weighted by atomic mass is 10.2. The number of rotatable bonds is 6. The maximum absolute atomic E-state index is 12.9. The van der Waals surface area contributed by atoms with Gasteiger partial charge in [-0.2, -0.15) is 4.31 Å². The Hall–Kier alpha value is -1.80. The fourth-order valence-corrected chi connectivity index (χ4v) is 4.05. The van der Waals surface area contributed by atoms with Gasteiger partial charge in [-0.1, -0.05) is 42.5 Å². The number of benzene rings is 2. The third-order valence-electron chi connectivity index (χ3n) is 3.98. The van der Waals surface area contributed by atoms with E-state index in [1.165, 1.54) is 16.4 Å². The summed E-state index contributed by atoms with van der Waals surface area (Å²) in [5.74, 6) is -0.613.